The van der Waals surface area contributed by atoms with E-state index in [0.29, 0.717) is 6.54 Å². The van der Waals surface area contributed by atoms with E-state index in [9.17, 15) is 14.0 Å². The molecule has 1 aromatic rings. The minimum absolute atomic E-state index is 0.0690. The topological polar surface area (TPSA) is 96.2 Å². The van der Waals surface area contributed by atoms with Gasteiger partial charge >= 0.3 is 0 Å². The zero-order valence-electron chi connectivity index (χ0n) is 11.3. The third kappa shape index (κ3) is 4.51. The predicted molar refractivity (Wildman–Crippen MR) is 74.5 cm³/mol. The van der Waals surface area contributed by atoms with Crippen molar-refractivity contribution in [3.05, 3.63) is 29.6 Å². The molecule has 0 atom stereocenters. The lowest BCUT2D eigenvalue weighted by Crippen LogP contribution is -2.31. The number of nitrogen functional groups attached to an aromatic ring is 1. The lowest BCUT2D eigenvalue weighted by atomic mass is 10.1. The van der Waals surface area contributed by atoms with E-state index in [1.54, 1.807) is 0 Å². The summed E-state index contributed by atoms with van der Waals surface area (Å²) in [5.74, 6) is 3.96. The van der Waals surface area contributed by atoms with Crippen LogP contribution >= 0.6 is 0 Å². The van der Waals surface area contributed by atoms with E-state index in [-0.39, 0.29) is 30.1 Å². The maximum Gasteiger partial charge on any atom is 0.253 e. The highest BCUT2D eigenvalue weighted by Crippen LogP contribution is 2.18. The molecule has 0 unspecified atom stereocenters. The number of anilines is 1. The molecule has 0 fully saturated rings. The molecule has 0 aliphatic rings. The number of rotatable bonds is 7. The maximum absolute atomic E-state index is 13.4. The molecule has 0 spiro atoms. The number of benzene rings is 1. The molecule has 0 saturated carbocycles. The van der Waals surface area contributed by atoms with E-state index in [4.69, 9.17) is 5.84 Å². The number of hydrazine groups is 1. The van der Waals surface area contributed by atoms with Gasteiger partial charge in [0.15, 0.2) is 0 Å². The lowest BCUT2D eigenvalue weighted by Gasteiger charge is -2.10. The van der Waals surface area contributed by atoms with Crippen LogP contribution in [0, 0.1) is 5.82 Å². The second kappa shape index (κ2) is 8.11. The van der Waals surface area contributed by atoms with Crippen molar-refractivity contribution in [1.82, 2.24) is 10.6 Å². The molecule has 2 amide bonds. The molecule has 5 N–H and O–H groups in total. The molecule has 6 nitrogen and oxygen atoms in total. The third-order valence-corrected chi connectivity index (χ3v) is 2.61. The Balaban J connectivity index is 2.51. The summed E-state index contributed by atoms with van der Waals surface area (Å²) in [7, 11) is 0. The average molecular weight is 282 g/mol. The van der Waals surface area contributed by atoms with Crippen LogP contribution in [0.15, 0.2) is 18.2 Å². The monoisotopic (exact) mass is 282 g/mol. The van der Waals surface area contributed by atoms with Crippen molar-refractivity contribution in [2.45, 2.75) is 19.8 Å². The molecule has 20 heavy (non-hydrogen) atoms. The molecule has 0 bridgehead atoms. The quantitative estimate of drug-likeness (QED) is 0.438. The number of halogens is 1. The highest BCUT2D eigenvalue weighted by atomic mass is 19.1. The van der Waals surface area contributed by atoms with Crippen molar-refractivity contribution in [2.75, 3.05) is 18.5 Å². The summed E-state index contributed by atoms with van der Waals surface area (Å²) in [6.07, 6.45) is 1.03. The fourth-order valence-corrected chi connectivity index (χ4v) is 1.60. The van der Waals surface area contributed by atoms with Gasteiger partial charge in [-0.15, -0.1) is 0 Å². The summed E-state index contributed by atoms with van der Waals surface area (Å²) in [6.45, 7) is 2.74. The Bertz CT molecular complexity index is 479. The first kappa shape index (κ1) is 15.9. The van der Waals surface area contributed by atoms with E-state index >= 15 is 0 Å². The summed E-state index contributed by atoms with van der Waals surface area (Å²) in [6, 6.07) is 4.06. The second-order valence-corrected chi connectivity index (χ2v) is 4.16. The molecule has 7 heteroatoms. The van der Waals surface area contributed by atoms with Crippen LogP contribution in [0.3, 0.4) is 0 Å². The number of amides is 2. The van der Waals surface area contributed by atoms with Crippen molar-refractivity contribution in [1.29, 1.82) is 0 Å². The Morgan fingerprint density at radius 2 is 2.00 bits per heavy atom. The molecule has 1 aromatic carbocycles. The Morgan fingerprint density at radius 3 is 2.65 bits per heavy atom. The minimum atomic E-state index is -0.610. The van der Waals surface area contributed by atoms with E-state index in [0.717, 1.165) is 6.42 Å². The third-order valence-electron chi connectivity index (χ3n) is 2.61. The molecular formula is C13H19FN4O2. The van der Waals surface area contributed by atoms with Gasteiger partial charge in [0.2, 0.25) is 5.91 Å². The largest absolute Gasteiger partial charge is 0.356 e. The molecule has 110 valence electrons. The van der Waals surface area contributed by atoms with Crippen LogP contribution in [0.5, 0.6) is 0 Å². The van der Waals surface area contributed by atoms with Crippen LogP contribution in [0.1, 0.15) is 30.1 Å². The van der Waals surface area contributed by atoms with Crippen LogP contribution in [0.2, 0.25) is 0 Å². The van der Waals surface area contributed by atoms with Gasteiger partial charge in [0.05, 0.1) is 11.3 Å². The normalized spacial score (nSPS) is 9.95. The van der Waals surface area contributed by atoms with Crippen LogP contribution in [-0.4, -0.2) is 24.9 Å². The molecule has 1 rings (SSSR count). The summed E-state index contributed by atoms with van der Waals surface area (Å²) in [4.78, 5) is 23.2. The minimum Gasteiger partial charge on any atom is -0.356 e. The number of hydrogen-bond acceptors (Lipinski definition) is 4. The average Bonchev–Trinajstić information content (AvgIpc) is 2.44. The predicted octanol–water partition coefficient (Wildman–Crippen LogP) is 0.757. The Hall–Kier alpha value is -2.15. The van der Waals surface area contributed by atoms with Crippen molar-refractivity contribution in [3.63, 3.8) is 0 Å². The highest BCUT2D eigenvalue weighted by Gasteiger charge is 2.14. The number of nitrogens with two attached hydrogens (primary N) is 1. The van der Waals surface area contributed by atoms with Crippen LogP contribution in [0.25, 0.3) is 0 Å². The zero-order chi connectivity index (χ0) is 15.0. The molecule has 0 aliphatic heterocycles. The van der Waals surface area contributed by atoms with E-state index in [2.05, 4.69) is 16.1 Å². The number of para-hydroxylation sites is 1. The van der Waals surface area contributed by atoms with Gasteiger partial charge in [-0.1, -0.05) is 13.0 Å². The van der Waals surface area contributed by atoms with Crippen LogP contribution in [0.4, 0.5) is 10.1 Å². The molecule has 0 heterocycles. The second-order valence-electron chi connectivity index (χ2n) is 4.16. The lowest BCUT2D eigenvalue weighted by molar-refractivity contribution is -0.120. The molecule has 0 aliphatic carbocycles. The first-order chi connectivity index (χ1) is 9.60. The first-order valence-corrected chi connectivity index (χ1v) is 6.40. The SMILES string of the molecule is CCCNC(=O)CCNC(=O)c1cccc(F)c1NN. The van der Waals surface area contributed by atoms with Crippen molar-refractivity contribution in [3.8, 4) is 0 Å². The fraction of sp³-hybridized carbons (Fsp3) is 0.385. The Kier molecular flexibility index (Phi) is 6.45. The summed E-state index contributed by atoms with van der Waals surface area (Å²) >= 11 is 0. The summed E-state index contributed by atoms with van der Waals surface area (Å²) in [5, 5.41) is 5.24. The molecule has 0 aromatic heterocycles. The van der Waals surface area contributed by atoms with E-state index < -0.39 is 11.7 Å². The van der Waals surface area contributed by atoms with Crippen molar-refractivity contribution >= 4 is 17.5 Å². The zero-order valence-corrected chi connectivity index (χ0v) is 11.3. The smallest absolute Gasteiger partial charge is 0.253 e. The standard InChI is InChI=1S/C13H19FN4O2/c1-2-7-16-11(19)6-8-17-13(20)9-4-3-5-10(14)12(9)18-15/h3-5,18H,2,6-8,15H2,1H3,(H,16,19)(H,17,20). The number of carbonyl (C=O) groups excluding carboxylic acids is 2. The number of carbonyl (C=O) groups is 2. The summed E-state index contributed by atoms with van der Waals surface area (Å²) < 4.78 is 13.4. The van der Waals surface area contributed by atoms with Crippen LogP contribution in [-0.2, 0) is 4.79 Å². The fourth-order valence-electron chi connectivity index (χ4n) is 1.60. The molecule has 0 saturated heterocycles. The van der Waals surface area contributed by atoms with Gasteiger partial charge in [0.1, 0.15) is 5.82 Å². The van der Waals surface area contributed by atoms with Gasteiger partial charge in [-0.25, -0.2) is 4.39 Å². The maximum atomic E-state index is 13.4. The van der Waals surface area contributed by atoms with Crippen molar-refractivity contribution in [2.24, 2.45) is 5.84 Å². The number of nitrogens with one attached hydrogen (secondary N) is 3. The Labute approximate surface area is 116 Å². The van der Waals surface area contributed by atoms with Gasteiger partial charge in [0.25, 0.3) is 5.91 Å². The van der Waals surface area contributed by atoms with E-state index in [1.807, 2.05) is 6.92 Å². The van der Waals surface area contributed by atoms with E-state index in [1.165, 1.54) is 18.2 Å². The first-order valence-electron chi connectivity index (χ1n) is 6.40. The Morgan fingerprint density at radius 1 is 1.25 bits per heavy atom. The molecule has 0 radical (unpaired) electrons. The van der Waals surface area contributed by atoms with Gasteiger partial charge in [-0.3, -0.25) is 15.4 Å². The van der Waals surface area contributed by atoms with Gasteiger partial charge in [-0.2, -0.15) is 0 Å². The number of hydrogen-bond donors (Lipinski definition) is 4. The summed E-state index contributed by atoms with van der Waals surface area (Å²) in [5.41, 5.74) is 2.19. The van der Waals surface area contributed by atoms with Gasteiger partial charge < -0.3 is 16.1 Å². The van der Waals surface area contributed by atoms with Gasteiger partial charge in [-0.05, 0) is 18.6 Å². The molecular weight excluding hydrogens is 263 g/mol. The van der Waals surface area contributed by atoms with Crippen molar-refractivity contribution < 1.29 is 14.0 Å². The van der Waals surface area contributed by atoms with Crippen LogP contribution < -0.4 is 21.9 Å². The highest BCUT2D eigenvalue weighted by molar-refractivity contribution is 5.99. The van der Waals surface area contributed by atoms with Gasteiger partial charge in [0, 0.05) is 19.5 Å².